The van der Waals surface area contributed by atoms with Gasteiger partial charge in [-0.1, -0.05) is 0 Å². The molecule has 0 aromatic carbocycles. The summed E-state index contributed by atoms with van der Waals surface area (Å²) in [6.07, 6.45) is -0.0996. The Morgan fingerprint density at radius 2 is 1.50 bits per heavy atom. The van der Waals surface area contributed by atoms with E-state index in [9.17, 15) is 0 Å². The summed E-state index contributed by atoms with van der Waals surface area (Å²) in [6.45, 7) is 3.81. The smallest absolute Gasteiger partial charge is 0.105 e. The number of hydrogen-bond donors (Lipinski definition) is 1. The number of aliphatic hydroxyl groups excluding tert-OH is 1. The van der Waals surface area contributed by atoms with E-state index in [2.05, 4.69) is 0 Å². The lowest BCUT2D eigenvalue weighted by molar-refractivity contribution is -0.0276. The van der Waals surface area contributed by atoms with Crippen LogP contribution in [0.3, 0.4) is 0 Å². The molecule has 0 aromatic rings. The summed E-state index contributed by atoms with van der Waals surface area (Å²) in [4.78, 5) is 3.94. The van der Waals surface area contributed by atoms with Gasteiger partial charge >= 0.3 is 0 Å². The van der Waals surface area contributed by atoms with Gasteiger partial charge in [-0.3, -0.25) is 9.80 Å². The zero-order chi connectivity index (χ0) is 8.31. The van der Waals surface area contributed by atoms with Crippen molar-refractivity contribution >= 4 is 0 Å². The van der Waals surface area contributed by atoms with Crippen LogP contribution in [0.15, 0.2) is 0 Å². The van der Waals surface area contributed by atoms with Gasteiger partial charge in [-0.15, -0.1) is 0 Å². The van der Waals surface area contributed by atoms with Crippen LogP contribution in [0.1, 0.15) is 13.8 Å². The summed E-state index contributed by atoms with van der Waals surface area (Å²) in [7, 11) is 5.88. The average molecular weight is 146 g/mol. The van der Waals surface area contributed by atoms with Crippen LogP contribution in [-0.2, 0) is 0 Å². The molecule has 0 aliphatic carbocycles. The van der Waals surface area contributed by atoms with Crippen LogP contribution < -0.4 is 0 Å². The van der Waals surface area contributed by atoms with Crippen LogP contribution >= 0.6 is 0 Å². The number of aliphatic hydroxyl groups is 1. The Labute approximate surface area is 63.2 Å². The lowest BCUT2D eigenvalue weighted by atomic mass is 10.4. The highest BCUT2D eigenvalue weighted by Crippen LogP contribution is 2.00. The highest BCUT2D eigenvalue weighted by molar-refractivity contribution is 4.59. The molecule has 2 unspecified atom stereocenters. The molecule has 0 aromatic heterocycles. The van der Waals surface area contributed by atoms with Crippen LogP contribution in [0.4, 0.5) is 0 Å². The molecule has 0 amide bonds. The maximum Gasteiger partial charge on any atom is 0.105 e. The van der Waals surface area contributed by atoms with E-state index in [4.69, 9.17) is 5.11 Å². The minimum absolute atomic E-state index is 0.278. The van der Waals surface area contributed by atoms with Crippen molar-refractivity contribution in [2.24, 2.45) is 0 Å². The maximum absolute atomic E-state index is 9.14. The van der Waals surface area contributed by atoms with Crippen LogP contribution in [0.25, 0.3) is 0 Å². The predicted molar refractivity (Wildman–Crippen MR) is 42.6 cm³/mol. The van der Waals surface area contributed by atoms with Gasteiger partial charge in [0.05, 0.1) is 6.17 Å². The maximum atomic E-state index is 9.14. The van der Waals surface area contributed by atoms with Crippen LogP contribution in [0, 0.1) is 0 Å². The number of hydrogen-bond acceptors (Lipinski definition) is 3. The zero-order valence-corrected chi connectivity index (χ0v) is 7.50. The van der Waals surface area contributed by atoms with Crippen molar-refractivity contribution in [3.63, 3.8) is 0 Å². The Balaban J connectivity index is 3.81. The molecular weight excluding hydrogens is 128 g/mol. The monoisotopic (exact) mass is 146 g/mol. The lowest BCUT2D eigenvalue weighted by Gasteiger charge is -2.31. The third-order valence-corrected chi connectivity index (χ3v) is 1.93. The highest BCUT2D eigenvalue weighted by atomic mass is 16.3. The van der Waals surface area contributed by atoms with Crippen molar-refractivity contribution in [2.45, 2.75) is 26.2 Å². The fraction of sp³-hybridized carbons (Fsp3) is 1.00. The quantitative estimate of drug-likeness (QED) is 0.575. The molecule has 0 saturated carbocycles. The van der Waals surface area contributed by atoms with Gasteiger partial charge in [-0.05, 0) is 35.0 Å². The zero-order valence-electron chi connectivity index (χ0n) is 7.50. The summed E-state index contributed by atoms with van der Waals surface area (Å²) in [5, 5.41) is 9.14. The van der Waals surface area contributed by atoms with Gasteiger partial charge in [0.2, 0.25) is 0 Å². The van der Waals surface area contributed by atoms with Crippen LogP contribution in [0.2, 0.25) is 0 Å². The summed E-state index contributed by atoms with van der Waals surface area (Å²) in [6, 6.07) is 0. The normalized spacial score (nSPS) is 18.0. The molecule has 3 heteroatoms. The summed E-state index contributed by atoms with van der Waals surface area (Å²) >= 11 is 0. The van der Waals surface area contributed by atoms with Gasteiger partial charge < -0.3 is 5.11 Å². The van der Waals surface area contributed by atoms with Crippen LogP contribution in [-0.4, -0.2) is 48.4 Å². The van der Waals surface area contributed by atoms with Gasteiger partial charge in [-0.25, -0.2) is 0 Å². The molecule has 0 rings (SSSR count). The minimum atomic E-state index is -0.377. The average Bonchev–Trinajstić information content (AvgIpc) is 1.84. The molecular formula is C7H18N2O. The molecule has 10 heavy (non-hydrogen) atoms. The van der Waals surface area contributed by atoms with Gasteiger partial charge in [0.15, 0.2) is 0 Å². The van der Waals surface area contributed by atoms with Crippen molar-refractivity contribution in [1.29, 1.82) is 0 Å². The molecule has 62 valence electrons. The van der Waals surface area contributed by atoms with Crippen molar-refractivity contribution < 1.29 is 5.11 Å². The Morgan fingerprint density at radius 1 is 1.10 bits per heavy atom. The molecule has 2 atom stereocenters. The molecule has 0 fully saturated rings. The molecule has 3 nitrogen and oxygen atoms in total. The SMILES string of the molecule is CC(O)N(C)C(C)N(C)C. The van der Waals surface area contributed by atoms with Crippen molar-refractivity contribution in [3.8, 4) is 0 Å². The standard InChI is InChI=1S/C7H18N2O/c1-6(8(3)4)9(5)7(2)10/h6-7,10H,1-5H3. The molecule has 0 spiro atoms. The fourth-order valence-electron chi connectivity index (χ4n) is 0.676. The van der Waals surface area contributed by atoms with E-state index in [1.165, 1.54) is 0 Å². The third-order valence-electron chi connectivity index (χ3n) is 1.93. The van der Waals surface area contributed by atoms with E-state index in [0.717, 1.165) is 0 Å². The summed E-state index contributed by atoms with van der Waals surface area (Å²) in [5.41, 5.74) is 0. The number of rotatable bonds is 3. The Hall–Kier alpha value is -0.120. The molecule has 0 radical (unpaired) electrons. The summed E-state index contributed by atoms with van der Waals surface area (Å²) in [5.74, 6) is 0. The second-order valence-electron chi connectivity index (χ2n) is 2.89. The first-order valence-electron chi connectivity index (χ1n) is 3.53. The van der Waals surface area contributed by atoms with E-state index < -0.39 is 0 Å². The van der Waals surface area contributed by atoms with Gasteiger partial charge in [0.1, 0.15) is 6.23 Å². The molecule has 1 N–H and O–H groups in total. The van der Waals surface area contributed by atoms with Gasteiger partial charge in [0, 0.05) is 0 Å². The van der Waals surface area contributed by atoms with Crippen LogP contribution in [0.5, 0.6) is 0 Å². The third kappa shape index (κ3) is 2.64. The van der Waals surface area contributed by atoms with E-state index in [-0.39, 0.29) is 12.4 Å². The van der Waals surface area contributed by atoms with Gasteiger partial charge in [0.25, 0.3) is 0 Å². The second kappa shape index (κ2) is 3.91. The Morgan fingerprint density at radius 3 is 1.60 bits per heavy atom. The molecule has 0 aliphatic rings. The van der Waals surface area contributed by atoms with Crippen molar-refractivity contribution in [3.05, 3.63) is 0 Å². The van der Waals surface area contributed by atoms with Crippen molar-refractivity contribution in [2.75, 3.05) is 21.1 Å². The Kier molecular flexibility index (Phi) is 3.86. The first-order chi connectivity index (χ1) is 4.46. The Bertz CT molecular complexity index is 81.6. The fourth-order valence-corrected chi connectivity index (χ4v) is 0.676. The molecule has 0 bridgehead atoms. The highest BCUT2D eigenvalue weighted by Gasteiger charge is 2.13. The van der Waals surface area contributed by atoms with E-state index in [1.54, 1.807) is 6.92 Å². The largest absolute Gasteiger partial charge is 0.379 e. The van der Waals surface area contributed by atoms with E-state index in [0.29, 0.717) is 0 Å². The van der Waals surface area contributed by atoms with E-state index >= 15 is 0 Å². The first-order valence-corrected chi connectivity index (χ1v) is 3.53. The second-order valence-corrected chi connectivity index (χ2v) is 2.89. The topological polar surface area (TPSA) is 26.7 Å². The molecule has 0 heterocycles. The lowest BCUT2D eigenvalue weighted by Crippen LogP contribution is -2.44. The molecule has 0 saturated heterocycles. The first kappa shape index (κ1) is 9.88. The number of nitrogens with zero attached hydrogens (tertiary/aromatic N) is 2. The molecule has 0 aliphatic heterocycles. The summed E-state index contributed by atoms with van der Waals surface area (Å²) < 4.78 is 0. The predicted octanol–water partition coefficient (Wildman–Crippen LogP) is 0.164. The minimum Gasteiger partial charge on any atom is -0.379 e. The van der Waals surface area contributed by atoms with Crippen molar-refractivity contribution in [1.82, 2.24) is 9.80 Å². The van der Waals surface area contributed by atoms with E-state index in [1.807, 2.05) is 37.9 Å². The van der Waals surface area contributed by atoms with Gasteiger partial charge in [-0.2, -0.15) is 0 Å².